The molecule has 0 aromatic heterocycles. The molecule has 1 aromatic rings. The number of anilines is 1. The van der Waals surface area contributed by atoms with Gasteiger partial charge in [-0.15, -0.1) is 0 Å². The van der Waals surface area contributed by atoms with Gasteiger partial charge in [-0.3, -0.25) is 0 Å². The van der Waals surface area contributed by atoms with Crippen LogP contribution in [-0.4, -0.2) is 30.3 Å². The number of thiocarbonyl (C=S) groups is 1. The second-order valence-electron chi connectivity index (χ2n) is 5.05. The fraction of sp³-hybridized carbons (Fsp3) is 0.500. The van der Waals surface area contributed by atoms with Crippen molar-refractivity contribution in [3.05, 3.63) is 29.3 Å². The standard InChI is InChI=1S/C14H20N2OS/c1-9-4-5-13(12(6-9)14(15)18)16-7-10(2)17-11(3)8-16/h4-6,10-11H,7-8H2,1-3H3,(H2,15,18)/t10-,11+. The molecule has 1 aromatic carbocycles. The molecule has 0 amide bonds. The van der Waals surface area contributed by atoms with E-state index < -0.39 is 0 Å². The molecular weight excluding hydrogens is 244 g/mol. The summed E-state index contributed by atoms with van der Waals surface area (Å²) in [5.41, 5.74) is 9.09. The third-order valence-corrected chi connectivity index (χ3v) is 3.40. The zero-order valence-corrected chi connectivity index (χ0v) is 12.0. The van der Waals surface area contributed by atoms with Crippen molar-refractivity contribution in [2.24, 2.45) is 5.73 Å². The molecule has 1 heterocycles. The highest BCUT2D eigenvalue weighted by atomic mass is 32.1. The van der Waals surface area contributed by atoms with E-state index in [1.807, 2.05) is 0 Å². The van der Waals surface area contributed by atoms with Crippen molar-refractivity contribution in [1.29, 1.82) is 0 Å². The van der Waals surface area contributed by atoms with Gasteiger partial charge in [0.05, 0.1) is 12.2 Å². The van der Waals surface area contributed by atoms with E-state index in [9.17, 15) is 0 Å². The third-order valence-electron chi connectivity index (χ3n) is 3.18. The molecule has 98 valence electrons. The van der Waals surface area contributed by atoms with Crippen LogP contribution in [0.1, 0.15) is 25.0 Å². The van der Waals surface area contributed by atoms with E-state index in [4.69, 9.17) is 22.7 Å². The van der Waals surface area contributed by atoms with Gasteiger partial charge in [0.2, 0.25) is 0 Å². The van der Waals surface area contributed by atoms with E-state index in [-0.39, 0.29) is 12.2 Å². The molecule has 1 fully saturated rings. The Bertz CT molecular complexity index is 451. The van der Waals surface area contributed by atoms with Crippen molar-refractivity contribution in [2.45, 2.75) is 33.0 Å². The van der Waals surface area contributed by atoms with Crippen molar-refractivity contribution in [3.8, 4) is 0 Å². The summed E-state index contributed by atoms with van der Waals surface area (Å²) in [4.78, 5) is 2.77. The first kappa shape index (κ1) is 13.3. The molecular formula is C14H20N2OS. The van der Waals surface area contributed by atoms with Crippen LogP contribution in [0.25, 0.3) is 0 Å². The van der Waals surface area contributed by atoms with Crippen LogP contribution in [0.15, 0.2) is 18.2 Å². The highest BCUT2D eigenvalue weighted by Crippen LogP contribution is 2.25. The Morgan fingerprint density at radius 3 is 2.50 bits per heavy atom. The molecule has 1 aliphatic rings. The molecule has 2 rings (SSSR count). The number of benzene rings is 1. The molecule has 0 radical (unpaired) electrons. The predicted octanol–water partition coefficient (Wildman–Crippen LogP) is 2.24. The van der Waals surface area contributed by atoms with E-state index >= 15 is 0 Å². The number of nitrogens with two attached hydrogens (primary N) is 1. The first-order valence-corrected chi connectivity index (χ1v) is 6.69. The highest BCUT2D eigenvalue weighted by Gasteiger charge is 2.24. The first-order valence-electron chi connectivity index (χ1n) is 6.28. The summed E-state index contributed by atoms with van der Waals surface area (Å²) < 4.78 is 5.76. The Labute approximate surface area is 114 Å². The molecule has 2 N–H and O–H groups in total. The number of hydrogen-bond acceptors (Lipinski definition) is 3. The van der Waals surface area contributed by atoms with Crippen molar-refractivity contribution in [2.75, 3.05) is 18.0 Å². The summed E-state index contributed by atoms with van der Waals surface area (Å²) in [5, 5.41) is 0. The van der Waals surface area contributed by atoms with Crippen molar-refractivity contribution in [3.63, 3.8) is 0 Å². The van der Waals surface area contributed by atoms with Gasteiger partial charge in [0.1, 0.15) is 4.99 Å². The summed E-state index contributed by atoms with van der Waals surface area (Å²) >= 11 is 5.16. The van der Waals surface area contributed by atoms with Crippen molar-refractivity contribution >= 4 is 22.9 Å². The lowest BCUT2D eigenvalue weighted by Crippen LogP contribution is -2.46. The van der Waals surface area contributed by atoms with Gasteiger partial charge in [-0.25, -0.2) is 0 Å². The van der Waals surface area contributed by atoms with Crippen molar-refractivity contribution < 1.29 is 4.74 Å². The molecule has 18 heavy (non-hydrogen) atoms. The molecule has 1 aliphatic heterocycles. The normalized spacial score (nSPS) is 24.1. The van der Waals surface area contributed by atoms with E-state index in [0.29, 0.717) is 4.99 Å². The average molecular weight is 264 g/mol. The molecule has 1 saturated heterocycles. The number of aryl methyl sites for hydroxylation is 1. The number of nitrogens with zero attached hydrogens (tertiary/aromatic N) is 1. The minimum atomic E-state index is 0.231. The number of rotatable bonds is 2. The second kappa shape index (κ2) is 5.24. The van der Waals surface area contributed by atoms with E-state index in [1.165, 1.54) is 5.56 Å². The predicted molar refractivity (Wildman–Crippen MR) is 79.3 cm³/mol. The minimum absolute atomic E-state index is 0.231. The molecule has 0 unspecified atom stereocenters. The summed E-state index contributed by atoms with van der Waals surface area (Å²) in [7, 11) is 0. The molecule has 3 nitrogen and oxygen atoms in total. The summed E-state index contributed by atoms with van der Waals surface area (Å²) in [6.45, 7) is 8.00. The van der Waals surface area contributed by atoms with Crippen LogP contribution in [0.3, 0.4) is 0 Å². The molecule has 0 aliphatic carbocycles. The van der Waals surface area contributed by atoms with Gasteiger partial charge in [0.25, 0.3) is 0 Å². The van der Waals surface area contributed by atoms with Crippen LogP contribution in [-0.2, 0) is 4.74 Å². The molecule has 2 atom stereocenters. The summed E-state index contributed by atoms with van der Waals surface area (Å²) in [6.07, 6.45) is 0.462. The zero-order chi connectivity index (χ0) is 13.3. The van der Waals surface area contributed by atoms with Gasteiger partial charge in [-0.1, -0.05) is 23.8 Å². The fourth-order valence-corrected chi connectivity index (χ4v) is 2.66. The molecule has 0 spiro atoms. The minimum Gasteiger partial charge on any atom is -0.389 e. The Kier molecular flexibility index (Phi) is 3.88. The maximum absolute atomic E-state index is 5.83. The lowest BCUT2D eigenvalue weighted by atomic mass is 10.1. The van der Waals surface area contributed by atoms with Crippen LogP contribution < -0.4 is 10.6 Å². The van der Waals surface area contributed by atoms with Crippen LogP contribution in [0.5, 0.6) is 0 Å². The quantitative estimate of drug-likeness (QED) is 0.832. The average Bonchev–Trinajstić information content (AvgIpc) is 2.27. The maximum Gasteiger partial charge on any atom is 0.106 e. The van der Waals surface area contributed by atoms with E-state index in [1.54, 1.807) is 0 Å². The Morgan fingerprint density at radius 2 is 1.94 bits per heavy atom. The van der Waals surface area contributed by atoms with Gasteiger partial charge in [-0.2, -0.15) is 0 Å². The van der Waals surface area contributed by atoms with Crippen LogP contribution in [0.4, 0.5) is 5.69 Å². The summed E-state index contributed by atoms with van der Waals surface area (Å²) in [6, 6.07) is 6.26. The third kappa shape index (κ3) is 2.82. The number of ether oxygens (including phenoxy) is 1. The lowest BCUT2D eigenvalue weighted by molar-refractivity contribution is -0.00522. The lowest BCUT2D eigenvalue weighted by Gasteiger charge is -2.37. The Hall–Kier alpha value is -1.13. The van der Waals surface area contributed by atoms with Crippen LogP contribution >= 0.6 is 12.2 Å². The van der Waals surface area contributed by atoms with E-state index in [0.717, 1.165) is 24.3 Å². The topological polar surface area (TPSA) is 38.5 Å². The van der Waals surface area contributed by atoms with Gasteiger partial charge in [0.15, 0.2) is 0 Å². The van der Waals surface area contributed by atoms with Gasteiger partial charge < -0.3 is 15.4 Å². The summed E-state index contributed by atoms with van der Waals surface area (Å²) in [5.74, 6) is 0. The molecule has 4 heteroatoms. The van der Waals surface area contributed by atoms with E-state index in [2.05, 4.69) is 43.9 Å². The number of hydrogen-bond donors (Lipinski definition) is 1. The largest absolute Gasteiger partial charge is 0.389 e. The smallest absolute Gasteiger partial charge is 0.106 e. The SMILES string of the molecule is Cc1ccc(N2C[C@@H](C)O[C@@H](C)C2)c(C(N)=S)c1. The fourth-order valence-electron chi connectivity index (χ4n) is 2.50. The second-order valence-corrected chi connectivity index (χ2v) is 5.49. The number of morpholine rings is 1. The van der Waals surface area contributed by atoms with Gasteiger partial charge in [-0.05, 0) is 32.9 Å². The highest BCUT2D eigenvalue weighted by molar-refractivity contribution is 7.80. The molecule has 0 saturated carbocycles. The zero-order valence-electron chi connectivity index (χ0n) is 11.1. The van der Waals surface area contributed by atoms with Gasteiger partial charge in [0, 0.05) is 24.3 Å². The van der Waals surface area contributed by atoms with Crippen molar-refractivity contribution in [1.82, 2.24) is 0 Å². The van der Waals surface area contributed by atoms with Gasteiger partial charge >= 0.3 is 0 Å². The first-order chi connectivity index (χ1) is 8.47. The monoisotopic (exact) mass is 264 g/mol. The maximum atomic E-state index is 5.83. The Balaban J connectivity index is 2.35. The Morgan fingerprint density at radius 1 is 1.33 bits per heavy atom. The molecule has 0 bridgehead atoms. The van der Waals surface area contributed by atoms with Crippen LogP contribution in [0, 0.1) is 6.92 Å². The van der Waals surface area contributed by atoms with Crippen LogP contribution in [0.2, 0.25) is 0 Å².